The molecule has 3 saturated heterocycles. The van der Waals surface area contributed by atoms with Gasteiger partial charge in [0.05, 0.1) is 16.7 Å². The highest BCUT2D eigenvalue weighted by Gasteiger charge is 2.49. The van der Waals surface area contributed by atoms with Gasteiger partial charge in [0, 0.05) is 37.1 Å². The van der Waals surface area contributed by atoms with Gasteiger partial charge in [-0.05, 0) is 91.7 Å². The molecule has 11 heteroatoms. The lowest BCUT2D eigenvalue weighted by atomic mass is 9.91. The van der Waals surface area contributed by atoms with E-state index in [0.717, 1.165) is 19.4 Å². The Morgan fingerprint density at radius 2 is 1.87 bits per heavy atom. The van der Waals surface area contributed by atoms with Crippen molar-refractivity contribution in [3.8, 4) is 17.1 Å². The lowest BCUT2D eigenvalue weighted by Gasteiger charge is -2.38. The lowest BCUT2D eigenvalue weighted by Crippen LogP contribution is -2.46. The molecule has 7 nitrogen and oxygen atoms in total. The molecule has 1 aromatic heterocycles. The van der Waals surface area contributed by atoms with Gasteiger partial charge in [0.15, 0.2) is 5.82 Å². The highest BCUT2D eigenvalue weighted by Crippen LogP contribution is 2.43. The number of nitrogen functional groups attached to an aromatic ring is 1. The number of alkyl halides is 1. The molecule has 7 rings (SSSR count). The van der Waals surface area contributed by atoms with Gasteiger partial charge in [0.2, 0.25) is 0 Å². The number of nitrogens with two attached hydrogens (primary N) is 1. The van der Waals surface area contributed by atoms with Crippen LogP contribution in [0.5, 0.6) is 6.01 Å². The maximum atomic E-state index is 16.9. The van der Waals surface area contributed by atoms with Gasteiger partial charge in [0.1, 0.15) is 35.7 Å². The summed E-state index contributed by atoms with van der Waals surface area (Å²) in [7, 11) is 0. The molecule has 1 unspecified atom stereocenters. The molecule has 3 N–H and O–H groups in total. The first-order valence-electron chi connectivity index (χ1n) is 15.7. The van der Waals surface area contributed by atoms with Crippen molar-refractivity contribution in [3.63, 3.8) is 0 Å². The Morgan fingerprint density at radius 3 is 2.64 bits per heavy atom. The molecule has 0 bridgehead atoms. The monoisotopic (exact) mass is 623 g/mol. The first-order chi connectivity index (χ1) is 21.5. The van der Waals surface area contributed by atoms with Crippen molar-refractivity contribution in [1.29, 1.82) is 0 Å². The second kappa shape index (κ2) is 11.0. The summed E-state index contributed by atoms with van der Waals surface area (Å²) in [4.78, 5) is 13.0. The largest absolute Gasteiger partial charge is 0.461 e. The van der Waals surface area contributed by atoms with Crippen LogP contribution in [0.3, 0.4) is 0 Å². The molecule has 3 aliphatic rings. The molecule has 3 aromatic carbocycles. The number of piperidine rings is 1. The summed E-state index contributed by atoms with van der Waals surface area (Å²) < 4.78 is 68.6. The number of aliphatic hydroxyl groups is 1. The summed E-state index contributed by atoms with van der Waals surface area (Å²) in [5.41, 5.74) is 4.85. The van der Waals surface area contributed by atoms with Crippen LogP contribution < -0.4 is 15.4 Å². The predicted molar refractivity (Wildman–Crippen MR) is 167 cm³/mol. The Labute approximate surface area is 259 Å². The standard InChI is InChI=1S/C34H37F4N5O2/c1-3-22-25(36)7-6-19-12-21(39)13-23(27(19)22)28-26(37)14-24-30(29(28)38)40-32(41-31(24)42-10-4-8-33(2,44)17-42)45-18-34-9-5-11-43(34)16-20(35)15-34/h6-7,12-14,20,44H,3-5,8-11,15-18,39H2,1-2H3/t20-,33?,34+/m1/s1. The van der Waals surface area contributed by atoms with Crippen molar-refractivity contribution >= 4 is 33.2 Å². The minimum atomic E-state index is -1.03. The Kier molecular flexibility index (Phi) is 7.31. The lowest BCUT2D eigenvalue weighted by molar-refractivity contribution is 0.0447. The highest BCUT2D eigenvalue weighted by molar-refractivity contribution is 6.04. The number of rotatable bonds is 6. The third kappa shape index (κ3) is 5.13. The maximum absolute atomic E-state index is 16.9. The van der Waals surface area contributed by atoms with Crippen LogP contribution in [0.4, 0.5) is 29.1 Å². The first-order valence-corrected chi connectivity index (χ1v) is 15.7. The van der Waals surface area contributed by atoms with Crippen LogP contribution in [0, 0.1) is 17.5 Å². The van der Waals surface area contributed by atoms with E-state index in [1.807, 2.05) is 0 Å². The average molecular weight is 624 g/mol. The number of ether oxygens (including phenoxy) is 1. The zero-order chi connectivity index (χ0) is 31.7. The number of hydrogen-bond acceptors (Lipinski definition) is 7. The number of fused-ring (bicyclic) bond motifs is 3. The van der Waals surface area contributed by atoms with E-state index < -0.39 is 34.8 Å². The van der Waals surface area contributed by atoms with Gasteiger partial charge >= 0.3 is 6.01 Å². The highest BCUT2D eigenvalue weighted by atomic mass is 19.1. The number of nitrogens with zero attached hydrogens (tertiary/aromatic N) is 4. The summed E-state index contributed by atoms with van der Waals surface area (Å²) in [5, 5.41) is 11.9. The van der Waals surface area contributed by atoms with Crippen molar-refractivity contribution in [1.82, 2.24) is 14.9 Å². The first kappa shape index (κ1) is 30.0. The summed E-state index contributed by atoms with van der Waals surface area (Å²) in [6.07, 6.45) is 2.60. The van der Waals surface area contributed by atoms with Crippen LogP contribution in [0.15, 0.2) is 30.3 Å². The fourth-order valence-electron chi connectivity index (χ4n) is 7.84. The van der Waals surface area contributed by atoms with Crippen LogP contribution in [-0.2, 0) is 6.42 Å². The Bertz CT molecular complexity index is 1820. The molecule has 3 fully saturated rings. The zero-order valence-electron chi connectivity index (χ0n) is 25.5. The summed E-state index contributed by atoms with van der Waals surface area (Å²) in [5.74, 6) is -2.06. The molecule has 238 valence electrons. The van der Waals surface area contributed by atoms with E-state index >= 15 is 8.78 Å². The van der Waals surface area contributed by atoms with Gasteiger partial charge in [-0.15, -0.1) is 0 Å². The van der Waals surface area contributed by atoms with Crippen molar-refractivity contribution in [3.05, 3.63) is 53.3 Å². The maximum Gasteiger partial charge on any atom is 0.319 e. The van der Waals surface area contributed by atoms with E-state index in [4.69, 9.17) is 10.5 Å². The van der Waals surface area contributed by atoms with E-state index in [1.165, 1.54) is 18.2 Å². The molecule has 0 spiro atoms. The molecular formula is C34H37F4N5O2. The number of aromatic nitrogens is 2. The second-order valence-corrected chi connectivity index (χ2v) is 13.2. The molecule has 3 atom stereocenters. The van der Waals surface area contributed by atoms with Crippen molar-refractivity contribution < 1.29 is 27.4 Å². The Morgan fingerprint density at radius 1 is 1.07 bits per heavy atom. The molecule has 0 radical (unpaired) electrons. The van der Waals surface area contributed by atoms with E-state index in [0.29, 0.717) is 55.1 Å². The summed E-state index contributed by atoms with van der Waals surface area (Å²) >= 11 is 0. The Balaban J connectivity index is 1.41. The number of anilines is 2. The summed E-state index contributed by atoms with van der Waals surface area (Å²) in [6.45, 7) is 5.46. The molecular weight excluding hydrogens is 586 g/mol. The predicted octanol–water partition coefficient (Wildman–Crippen LogP) is 6.32. The van der Waals surface area contributed by atoms with E-state index in [9.17, 15) is 13.9 Å². The third-order valence-corrected chi connectivity index (χ3v) is 9.86. The fourth-order valence-corrected chi connectivity index (χ4v) is 7.84. The zero-order valence-corrected chi connectivity index (χ0v) is 25.5. The van der Waals surface area contributed by atoms with Gasteiger partial charge in [-0.25, -0.2) is 17.6 Å². The smallest absolute Gasteiger partial charge is 0.319 e. The minimum Gasteiger partial charge on any atom is -0.461 e. The number of aryl methyl sites for hydroxylation is 1. The van der Waals surface area contributed by atoms with Gasteiger partial charge in [-0.3, -0.25) is 4.90 Å². The van der Waals surface area contributed by atoms with Crippen molar-refractivity contribution in [2.75, 3.05) is 43.4 Å². The molecule has 3 aliphatic heterocycles. The second-order valence-electron chi connectivity index (χ2n) is 13.2. The van der Waals surface area contributed by atoms with Crippen LogP contribution in [0.2, 0.25) is 0 Å². The van der Waals surface area contributed by atoms with Gasteiger partial charge in [-0.2, -0.15) is 9.97 Å². The van der Waals surface area contributed by atoms with E-state index in [1.54, 1.807) is 30.9 Å². The van der Waals surface area contributed by atoms with Crippen LogP contribution >= 0.6 is 0 Å². The topological polar surface area (TPSA) is 87.7 Å². The third-order valence-electron chi connectivity index (χ3n) is 9.86. The molecule has 4 aromatic rings. The minimum absolute atomic E-state index is 0.111. The SMILES string of the molecule is CCc1c(F)ccc2cc(N)cc(-c3c(F)cc4c(N5CCCC(C)(O)C5)nc(OC[C@@]56CCCN5C[C@H](F)C6)nc4c3F)c12. The average Bonchev–Trinajstić information content (AvgIpc) is 3.51. The van der Waals surface area contributed by atoms with Gasteiger partial charge < -0.3 is 20.5 Å². The molecule has 4 heterocycles. The number of β-amino-alcohol motifs (C(OH)–C–C–N with tert-alkyl or cyclic N) is 1. The van der Waals surface area contributed by atoms with Crippen LogP contribution in [0.25, 0.3) is 32.8 Å². The van der Waals surface area contributed by atoms with Crippen LogP contribution in [-0.4, -0.2) is 70.1 Å². The van der Waals surface area contributed by atoms with Crippen LogP contribution in [0.1, 0.15) is 51.5 Å². The molecule has 45 heavy (non-hydrogen) atoms. The molecule has 0 amide bonds. The Hall–Kier alpha value is -3.70. The fraction of sp³-hybridized carbons (Fsp3) is 0.471. The number of hydrogen-bond donors (Lipinski definition) is 2. The van der Waals surface area contributed by atoms with Crippen molar-refractivity contribution in [2.45, 2.75) is 69.7 Å². The quantitative estimate of drug-likeness (QED) is 0.192. The van der Waals surface area contributed by atoms with Crippen molar-refractivity contribution in [2.24, 2.45) is 0 Å². The number of halogens is 4. The van der Waals surface area contributed by atoms with E-state index in [2.05, 4.69) is 14.9 Å². The normalized spacial score (nSPS) is 25.4. The molecule has 0 saturated carbocycles. The molecule has 0 aliphatic carbocycles. The summed E-state index contributed by atoms with van der Waals surface area (Å²) in [6, 6.07) is 7.06. The van der Waals surface area contributed by atoms with Gasteiger partial charge in [0.25, 0.3) is 0 Å². The van der Waals surface area contributed by atoms with Gasteiger partial charge in [-0.1, -0.05) is 13.0 Å². The van der Waals surface area contributed by atoms with E-state index in [-0.39, 0.29) is 52.7 Å². The number of benzene rings is 3.